The van der Waals surface area contributed by atoms with Crippen molar-refractivity contribution in [2.75, 3.05) is 0 Å². The molecule has 0 spiro atoms. The topological polar surface area (TPSA) is 179 Å². The zero-order valence-electron chi connectivity index (χ0n) is 18.6. The SMILES string of the molecule is CC(C)CC(NC(=O)C(C)NC(=O)C(N)C(C)C)C(=O)NC(Cc1cnc[nH]1)C(=O)O. The summed E-state index contributed by atoms with van der Waals surface area (Å²) < 4.78 is 0. The number of aromatic amines is 1. The quantitative estimate of drug-likeness (QED) is 0.255. The Morgan fingerprint density at radius 2 is 1.61 bits per heavy atom. The molecule has 1 aromatic rings. The lowest BCUT2D eigenvalue weighted by Crippen LogP contribution is -2.57. The van der Waals surface area contributed by atoms with Crippen LogP contribution in [-0.4, -0.2) is 62.9 Å². The van der Waals surface area contributed by atoms with Gasteiger partial charge < -0.3 is 31.8 Å². The van der Waals surface area contributed by atoms with Gasteiger partial charge in [-0.3, -0.25) is 14.4 Å². The molecule has 11 nitrogen and oxygen atoms in total. The third-order valence-electron chi connectivity index (χ3n) is 4.71. The number of H-pyrrole nitrogens is 1. The van der Waals surface area contributed by atoms with Gasteiger partial charge in [-0.2, -0.15) is 0 Å². The van der Waals surface area contributed by atoms with Crippen molar-refractivity contribution < 1.29 is 24.3 Å². The van der Waals surface area contributed by atoms with Gasteiger partial charge in [0.2, 0.25) is 17.7 Å². The summed E-state index contributed by atoms with van der Waals surface area (Å²) >= 11 is 0. The smallest absolute Gasteiger partial charge is 0.326 e. The first-order valence-electron chi connectivity index (χ1n) is 10.3. The maximum absolute atomic E-state index is 12.8. The van der Waals surface area contributed by atoms with Crippen molar-refractivity contribution in [2.45, 2.75) is 71.6 Å². The average Bonchev–Trinajstić information content (AvgIpc) is 3.18. The normalized spacial score (nSPS) is 15.1. The molecule has 0 aliphatic carbocycles. The zero-order chi connectivity index (χ0) is 23.7. The predicted octanol–water partition coefficient (Wildman–Crippen LogP) is -0.459. The maximum Gasteiger partial charge on any atom is 0.326 e. The molecule has 0 bridgehead atoms. The van der Waals surface area contributed by atoms with Gasteiger partial charge in [-0.15, -0.1) is 0 Å². The molecular weight excluding hydrogens is 404 g/mol. The van der Waals surface area contributed by atoms with E-state index in [1.807, 2.05) is 13.8 Å². The van der Waals surface area contributed by atoms with Gasteiger partial charge in [-0.1, -0.05) is 27.7 Å². The third kappa shape index (κ3) is 8.75. The summed E-state index contributed by atoms with van der Waals surface area (Å²) in [6.45, 7) is 8.82. The molecule has 174 valence electrons. The summed E-state index contributed by atoms with van der Waals surface area (Å²) in [6.07, 6.45) is 3.20. The standard InChI is InChI=1S/C20H34N6O5/c1-10(2)6-14(25-17(27)12(5)24-19(29)16(21)11(3)4)18(28)26-15(20(30)31)7-13-8-22-9-23-13/h8-12,14-16H,6-7,21H2,1-5H3,(H,22,23)(H,24,29)(H,25,27)(H,26,28)(H,30,31). The number of aliphatic carboxylic acids is 1. The fourth-order valence-electron chi connectivity index (χ4n) is 2.77. The first-order chi connectivity index (χ1) is 14.4. The van der Waals surface area contributed by atoms with E-state index in [-0.39, 0.29) is 18.3 Å². The molecule has 0 radical (unpaired) electrons. The lowest BCUT2D eigenvalue weighted by Gasteiger charge is -2.25. The number of hydrogen-bond donors (Lipinski definition) is 6. The number of nitrogens with zero attached hydrogens (tertiary/aromatic N) is 1. The van der Waals surface area contributed by atoms with Crippen molar-refractivity contribution >= 4 is 23.7 Å². The summed E-state index contributed by atoms with van der Waals surface area (Å²) in [4.78, 5) is 55.7. The number of hydrogen-bond acceptors (Lipinski definition) is 6. The Morgan fingerprint density at radius 3 is 2.10 bits per heavy atom. The third-order valence-corrected chi connectivity index (χ3v) is 4.71. The molecular formula is C20H34N6O5. The summed E-state index contributed by atoms with van der Waals surface area (Å²) in [6, 6.07) is -3.83. The number of nitrogens with one attached hydrogen (secondary N) is 4. The maximum atomic E-state index is 12.8. The highest BCUT2D eigenvalue weighted by atomic mass is 16.4. The first kappa shape index (κ1) is 26.1. The number of aromatic nitrogens is 2. The average molecular weight is 439 g/mol. The lowest BCUT2D eigenvalue weighted by atomic mass is 10.0. The Balaban J connectivity index is 2.81. The van der Waals surface area contributed by atoms with Crippen molar-refractivity contribution in [3.63, 3.8) is 0 Å². The van der Waals surface area contributed by atoms with Crippen molar-refractivity contribution in [1.29, 1.82) is 0 Å². The molecule has 1 aromatic heterocycles. The highest BCUT2D eigenvalue weighted by molar-refractivity contribution is 5.93. The molecule has 0 fully saturated rings. The monoisotopic (exact) mass is 438 g/mol. The number of rotatable bonds is 12. The van der Waals surface area contributed by atoms with E-state index < -0.39 is 47.9 Å². The molecule has 11 heteroatoms. The minimum absolute atomic E-state index is 0.0168. The van der Waals surface area contributed by atoms with Crippen molar-refractivity contribution in [3.8, 4) is 0 Å². The predicted molar refractivity (Wildman–Crippen MR) is 114 cm³/mol. The van der Waals surface area contributed by atoms with Crippen LogP contribution >= 0.6 is 0 Å². The van der Waals surface area contributed by atoms with Crippen LogP contribution in [0.5, 0.6) is 0 Å². The Morgan fingerprint density at radius 1 is 1.00 bits per heavy atom. The molecule has 0 saturated heterocycles. The van der Waals surface area contributed by atoms with Gasteiger partial charge in [0, 0.05) is 18.3 Å². The van der Waals surface area contributed by atoms with Gasteiger partial charge in [0.25, 0.3) is 0 Å². The van der Waals surface area contributed by atoms with Gasteiger partial charge >= 0.3 is 5.97 Å². The van der Waals surface area contributed by atoms with Gasteiger partial charge in [0.1, 0.15) is 18.1 Å². The highest BCUT2D eigenvalue weighted by Crippen LogP contribution is 2.07. The largest absolute Gasteiger partial charge is 0.480 e. The second-order valence-corrected chi connectivity index (χ2v) is 8.37. The Kier molecular flexibility index (Phi) is 10.1. The second-order valence-electron chi connectivity index (χ2n) is 8.37. The number of amides is 3. The highest BCUT2D eigenvalue weighted by Gasteiger charge is 2.29. The van der Waals surface area contributed by atoms with E-state index in [2.05, 4.69) is 25.9 Å². The van der Waals surface area contributed by atoms with Crippen LogP contribution in [0.3, 0.4) is 0 Å². The fraction of sp³-hybridized carbons (Fsp3) is 0.650. The van der Waals surface area contributed by atoms with Crippen LogP contribution in [0.25, 0.3) is 0 Å². The summed E-state index contributed by atoms with van der Waals surface area (Å²) in [5, 5.41) is 17.1. The molecule has 4 atom stereocenters. The van der Waals surface area contributed by atoms with Crippen LogP contribution in [0.1, 0.15) is 46.7 Å². The van der Waals surface area contributed by atoms with Crippen LogP contribution in [0.4, 0.5) is 0 Å². The minimum Gasteiger partial charge on any atom is -0.480 e. The van der Waals surface area contributed by atoms with Crippen molar-refractivity contribution in [1.82, 2.24) is 25.9 Å². The van der Waals surface area contributed by atoms with Gasteiger partial charge in [0.15, 0.2) is 0 Å². The Bertz CT molecular complexity index is 749. The summed E-state index contributed by atoms with van der Waals surface area (Å²) in [5.41, 5.74) is 6.34. The van der Waals surface area contributed by atoms with E-state index in [0.29, 0.717) is 12.1 Å². The van der Waals surface area contributed by atoms with E-state index in [1.54, 1.807) is 13.8 Å². The molecule has 0 aliphatic heterocycles. The Hall–Kier alpha value is -2.95. The van der Waals surface area contributed by atoms with Gasteiger partial charge in [-0.05, 0) is 25.2 Å². The van der Waals surface area contributed by atoms with Crippen molar-refractivity contribution in [2.24, 2.45) is 17.6 Å². The molecule has 1 rings (SSSR count). The van der Waals surface area contributed by atoms with Crippen LogP contribution in [0.2, 0.25) is 0 Å². The van der Waals surface area contributed by atoms with E-state index in [1.165, 1.54) is 19.4 Å². The molecule has 0 aromatic carbocycles. The molecule has 7 N–H and O–H groups in total. The number of carbonyl (C=O) groups is 4. The molecule has 0 aliphatic rings. The number of imidazole rings is 1. The van der Waals surface area contributed by atoms with Crippen LogP contribution in [0.15, 0.2) is 12.5 Å². The second kappa shape index (κ2) is 12.0. The Labute approximate surface area is 181 Å². The summed E-state index contributed by atoms with van der Waals surface area (Å²) in [7, 11) is 0. The van der Waals surface area contributed by atoms with Gasteiger partial charge in [0.05, 0.1) is 12.4 Å². The van der Waals surface area contributed by atoms with Crippen LogP contribution in [-0.2, 0) is 25.6 Å². The van der Waals surface area contributed by atoms with Gasteiger partial charge in [-0.25, -0.2) is 9.78 Å². The molecule has 3 amide bonds. The summed E-state index contributed by atoms with van der Waals surface area (Å²) in [5.74, 6) is -2.91. The minimum atomic E-state index is -1.21. The van der Waals surface area contributed by atoms with E-state index >= 15 is 0 Å². The van der Waals surface area contributed by atoms with Crippen LogP contribution in [0, 0.1) is 11.8 Å². The number of carbonyl (C=O) groups excluding carboxylic acids is 3. The van der Waals surface area contributed by atoms with Crippen molar-refractivity contribution in [3.05, 3.63) is 18.2 Å². The van der Waals surface area contributed by atoms with E-state index in [9.17, 15) is 24.3 Å². The molecule has 31 heavy (non-hydrogen) atoms. The first-order valence-corrected chi connectivity index (χ1v) is 10.3. The number of carboxylic acid groups (broad SMARTS) is 1. The van der Waals surface area contributed by atoms with Crippen LogP contribution < -0.4 is 21.7 Å². The van der Waals surface area contributed by atoms with E-state index in [0.717, 1.165) is 0 Å². The van der Waals surface area contributed by atoms with E-state index in [4.69, 9.17) is 5.73 Å². The lowest BCUT2D eigenvalue weighted by molar-refractivity contribution is -0.142. The zero-order valence-corrected chi connectivity index (χ0v) is 18.6. The number of nitrogens with two attached hydrogens (primary N) is 1. The molecule has 0 saturated carbocycles. The molecule has 4 unspecified atom stereocenters. The number of carboxylic acids is 1. The fourth-order valence-corrected chi connectivity index (χ4v) is 2.77. The molecule has 1 heterocycles.